The molecule has 6 heteroatoms. The molecule has 5 nitrogen and oxygen atoms in total. The summed E-state index contributed by atoms with van der Waals surface area (Å²) in [6.45, 7) is 0. The molecule has 3 aromatic heterocycles. The first-order chi connectivity index (χ1) is 10.2. The molecule has 0 aliphatic heterocycles. The molecular weight excluding hydrogens is 332 g/mol. The standard InChI is InChI=1S/C15H9BrN4O/c16-10-4-1-3-9(7-10)12-8-13-15(21)18-11-5-2-6-17-14(11)20(13)19-12/h1-8H,(H,18,21). The lowest BCUT2D eigenvalue weighted by atomic mass is 10.1. The van der Waals surface area contributed by atoms with E-state index in [-0.39, 0.29) is 5.56 Å². The van der Waals surface area contributed by atoms with Crippen LogP contribution in [0.3, 0.4) is 0 Å². The summed E-state index contributed by atoms with van der Waals surface area (Å²) in [6, 6.07) is 13.2. The van der Waals surface area contributed by atoms with Crippen LogP contribution in [-0.4, -0.2) is 19.6 Å². The Balaban J connectivity index is 2.08. The van der Waals surface area contributed by atoms with Crippen LogP contribution in [0.5, 0.6) is 0 Å². The molecule has 0 fully saturated rings. The van der Waals surface area contributed by atoms with E-state index in [4.69, 9.17) is 0 Å². The number of nitrogens with zero attached hydrogens (tertiary/aromatic N) is 3. The first-order valence-electron chi connectivity index (χ1n) is 6.35. The van der Waals surface area contributed by atoms with E-state index < -0.39 is 0 Å². The molecule has 4 rings (SSSR count). The van der Waals surface area contributed by atoms with Gasteiger partial charge in [0.05, 0.1) is 11.2 Å². The van der Waals surface area contributed by atoms with E-state index in [0.29, 0.717) is 16.7 Å². The number of nitrogens with one attached hydrogen (secondary N) is 1. The average Bonchev–Trinajstić information content (AvgIpc) is 2.93. The van der Waals surface area contributed by atoms with Crippen molar-refractivity contribution in [1.82, 2.24) is 19.6 Å². The third-order valence-electron chi connectivity index (χ3n) is 3.30. The third-order valence-corrected chi connectivity index (χ3v) is 3.79. The van der Waals surface area contributed by atoms with E-state index in [1.54, 1.807) is 22.8 Å². The van der Waals surface area contributed by atoms with Gasteiger partial charge in [0.2, 0.25) is 0 Å². The summed E-state index contributed by atoms with van der Waals surface area (Å²) in [6.07, 6.45) is 1.68. The minimum absolute atomic E-state index is 0.177. The molecule has 0 bridgehead atoms. The molecule has 0 atom stereocenters. The Kier molecular flexibility index (Phi) is 2.65. The Morgan fingerprint density at radius 2 is 2.05 bits per heavy atom. The number of pyridine rings is 1. The number of hydrogen-bond donors (Lipinski definition) is 1. The number of aromatic nitrogens is 4. The molecular formula is C15H9BrN4O. The minimum atomic E-state index is -0.177. The zero-order chi connectivity index (χ0) is 14.4. The van der Waals surface area contributed by atoms with Crippen LogP contribution in [0.15, 0.2) is 57.9 Å². The van der Waals surface area contributed by atoms with Crippen LogP contribution in [0.1, 0.15) is 0 Å². The normalized spacial score (nSPS) is 11.3. The van der Waals surface area contributed by atoms with Crippen LogP contribution in [0, 0.1) is 0 Å². The summed E-state index contributed by atoms with van der Waals surface area (Å²) >= 11 is 3.44. The predicted octanol–water partition coefficient (Wildman–Crippen LogP) is 3.00. The monoisotopic (exact) mass is 340 g/mol. The van der Waals surface area contributed by atoms with Gasteiger partial charge in [0.15, 0.2) is 5.65 Å². The quantitative estimate of drug-likeness (QED) is 0.579. The van der Waals surface area contributed by atoms with Crippen LogP contribution in [-0.2, 0) is 0 Å². The van der Waals surface area contributed by atoms with E-state index >= 15 is 0 Å². The third kappa shape index (κ3) is 1.95. The molecule has 0 unspecified atom stereocenters. The lowest BCUT2D eigenvalue weighted by molar-refractivity contribution is 0.969. The SMILES string of the molecule is O=c1[nH]c2cccnc2n2nc(-c3cccc(Br)c3)cc12. The first-order valence-corrected chi connectivity index (χ1v) is 7.14. The van der Waals surface area contributed by atoms with Crippen LogP contribution >= 0.6 is 15.9 Å². The largest absolute Gasteiger partial charge is 0.317 e. The van der Waals surface area contributed by atoms with Gasteiger partial charge in [-0.2, -0.15) is 5.10 Å². The molecule has 4 aromatic rings. The molecule has 0 radical (unpaired) electrons. The average molecular weight is 341 g/mol. The molecule has 1 N–H and O–H groups in total. The molecule has 0 amide bonds. The summed E-state index contributed by atoms with van der Waals surface area (Å²) in [4.78, 5) is 19.3. The smallest absolute Gasteiger partial charge is 0.274 e. The van der Waals surface area contributed by atoms with Crippen molar-refractivity contribution in [3.05, 3.63) is 63.5 Å². The van der Waals surface area contributed by atoms with E-state index in [9.17, 15) is 4.79 Å². The fourth-order valence-corrected chi connectivity index (χ4v) is 2.74. The van der Waals surface area contributed by atoms with Gasteiger partial charge < -0.3 is 4.98 Å². The zero-order valence-corrected chi connectivity index (χ0v) is 12.3. The van der Waals surface area contributed by atoms with E-state index in [1.807, 2.05) is 30.3 Å². The van der Waals surface area contributed by atoms with E-state index in [1.165, 1.54) is 0 Å². The number of halogens is 1. The van der Waals surface area contributed by atoms with Crippen molar-refractivity contribution in [2.24, 2.45) is 0 Å². The summed E-state index contributed by atoms with van der Waals surface area (Å²) in [7, 11) is 0. The van der Waals surface area contributed by atoms with Crippen molar-refractivity contribution in [1.29, 1.82) is 0 Å². The van der Waals surface area contributed by atoms with Crippen LogP contribution in [0.4, 0.5) is 0 Å². The van der Waals surface area contributed by atoms with Crippen molar-refractivity contribution in [3.8, 4) is 11.3 Å². The fraction of sp³-hybridized carbons (Fsp3) is 0. The van der Waals surface area contributed by atoms with Gasteiger partial charge in [0, 0.05) is 16.2 Å². The lowest BCUT2D eigenvalue weighted by Gasteiger charge is -1.99. The Labute approximate surface area is 127 Å². The second-order valence-corrected chi connectivity index (χ2v) is 5.58. The minimum Gasteiger partial charge on any atom is -0.317 e. The van der Waals surface area contributed by atoms with Gasteiger partial charge in [-0.25, -0.2) is 9.50 Å². The van der Waals surface area contributed by atoms with Gasteiger partial charge in [0.25, 0.3) is 5.56 Å². The number of aromatic amines is 1. The highest BCUT2D eigenvalue weighted by Crippen LogP contribution is 2.23. The molecule has 0 aliphatic carbocycles. The highest BCUT2D eigenvalue weighted by molar-refractivity contribution is 9.10. The second-order valence-electron chi connectivity index (χ2n) is 4.67. The number of rotatable bonds is 1. The van der Waals surface area contributed by atoms with E-state index in [0.717, 1.165) is 15.7 Å². The first kappa shape index (κ1) is 12.3. The number of hydrogen-bond acceptors (Lipinski definition) is 3. The van der Waals surface area contributed by atoms with E-state index in [2.05, 4.69) is 31.0 Å². The van der Waals surface area contributed by atoms with Crippen molar-refractivity contribution < 1.29 is 0 Å². The number of benzene rings is 1. The Morgan fingerprint density at radius 3 is 2.90 bits per heavy atom. The molecule has 0 aliphatic rings. The number of fused-ring (bicyclic) bond motifs is 3. The lowest BCUT2D eigenvalue weighted by Crippen LogP contribution is -2.10. The van der Waals surface area contributed by atoms with Crippen LogP contribution in [0.2, 0.25) is 0 Å². The second kappa shape index (κ2) is 4.53. The predicted molar refractivity (Wildman–Crippen MR) is 84.2 cm³/mol. The number of H-pyrrole nitrogens is 1. The van der Waals surface area contributed by atoms with Crippen LogP contribution < -0.4 is 5.56 Å². The van der Waals surface area contributed by atoms with Crippen molar-refractivity contribution in [2.45, 2.75) is 0 Å². The maximum atomic E-state index is 12.2. The Morgan fingerprint density at radius 1 is 1.14 bits per heavy atom. The van der Waals surface area contributed by atoms with Crippen molar-refractivity contribution >= 4 is 32.6 Å². The molecule has 102 valence electrons. The fourth-order valence-electron chi connectivity index (χ4n) is 2.34. The van der Waals surface area contributed by atoms with Crippen molar-refractivity contribution in [3.63, 3.8) is 0 Å². The molecule has 3 heterocycles. The summed E-state index contributed by atoms with van der Waals surface area (Å²) in [5, 5.41) is 4.53. The van der Waals surface area contributed by atoms with Gasteiger partial charge in [-0.3, -0.25) is 4.79 Å². The summed E-state index contributed by atoms with van der Waals surface area (Å²) in [5.74, 6) is 0. The Hall–Kier alpha value is -2.47. The zero-order valence-electron chi connectivity index (χ0n) is 10.7. The van der Waals surface area contributed by atoms with Gasteiger partial charge in [0.1, 0.15) is 5.52 Å². The van der Waals surface area contributed by atoms with Gasteiger partial charge in [-0.1, -0.05) is 28.1 Å². The highest BCUT2D eigenvalue weighted by atomic mass is 79.9. The Bertz CT molecular complexity index is 1030. The molecule has 0 saturated carbocycles. The van der Waals surface area contributed by atoms with Gasteiger partial charge in [-0.15, -0.1) is 0 Å². The maximum Gasteiger partial charge on any atom is 0.274 e. The molecule has 0 spiro atoms. The molecule has 21 heavy (non-hydrogen) atoms. The van der Waals surface area contributed by atoms with Gasteiger partial charge >= 0.3 is 0 Å². The van der Waals surface area contributed by atoms with Crippen molar-refractivity contribution in [2.75, 3.05) is 0 Å². The molecule has 1 aromatic carbocycles. The highest BCUT2D eigenvalue weighted by Gasteiger charge is 2.11. The summed E-state index contributed by atoms with van der Waals surface area (Å²) in [5.41, 5.74) is 3.28. The molecule has 0 saturated heterocycles. The maximum absolute atomic E-state index is 12.2. The van der Waals surface area contributed by atoms with Crippen LogP contribution in [0.25, 0.3) is 27.9 Å². The topological polar surface area (TPSA) is 63.0 Å². The summed E-state index contributed by atoms with van der Waals surface area (Å²) < 4.78 is 2.55. The van der Waals surface area contributed by atoms with Gasteiger partial charge in [-0.05, 0) is 30.3 Å².